The number of amides is 2. The fourth-order valence-corrected chi connectivity index (χ4v) is 4.02. The van der Waals surface area contributed by atoms with Gasteiger partial charge in [-0.3, -0.25) is 19.7 Å². The van der Waals surface area contributed by atoms with Crippen LogP contribution in [0.1, 0.15) is 23.7 Å². The van der Waals surface area contributed by atoms with E-state index < -0.39 is 22.7 Å². The number of non-ortho nitro benzene ring substituents is 1. The first-order valence-corrected chi connectivity index (χ1v) is 9.48. The van der Waals surface area contributed by atoms with Crippen molar-refractivity contribution in [3.63, 3.8) is 0 Å². The minimum atomic E-state index is -0.822. The Balaban J connectivity index is 1.65. The average molecular weight is 406 g/mol. The van der Waals surface area contributed by atoms with Crippen molar-refractivity contribution in [3.8, 4) is 5.75 Å². The summed E-state index contributed by atoms with van der Waals surface area (Å²) in [5.74, 6) is -2.36. The second-order valence-corrected chi connectivity index (χ2v) is 7.33. The number of esters is 1. The largest absolute Gasteiger partial charge is 0.421 e. The third kappa shape index (κ3) is 3.26. The van der Waals surface area contributed by atoms with Crippen molar-refractivity contribution in [3.05, 3.63) is 76.4 Å². The van der Waals surface area contributed by atoms with Gasteiger partial charge in [0.25, 0.3) is 5.69 Å². The van der Waals surface area contributed by atoms with Crippen LogP contribution in [0.2, 0.25) is 0 Å². The van der Waals surface area contributed by atoms with Crippen molar-refractivity contribution in [2.75, 3.05) is 4.90 Å². The molecule has 1 saturated heterocycles. The van der Waals surface area contributed by atoms with Crippen molar-refractivity contribution in [2.45, 2.75) is 13.3 Å². The highest BCUT2D eigenvalue weighted by molar-refractivity contribution is 6.23. The summed E-state index contributed by atoms with van der Waals surface area (Å²) in [5, 5.41) is 11.0. The van der Waals surface area contributed by atoms with Gasteiger partial charge in [-0.15, -0.1) is 0 Å². The van der Waals surface area contributed by atoms with Gasteiger partial charge in [0.1, 0.15) is 0 Å². The van der Waals surface area contributed by atoms with Crippen molar-refractivity contribution in [1.82, 2.24) is 0 Å². The third-order valence-electron chi connectivity index (χ3n) is 5.47. The molecule has 0 radical (unpaired) electrons. The molecule has 1 aliphatic carbocycles. The van der Waals surface area contributed by atoms with E-state index in [4.69, 9.17) is 4.74 Å². The van der Waals surface area contributed by atoms with Crippen LogP contribution in [-0.4, -0.2) is 22.7 Å². The molecule has 0 bridgehead atoms. The zero-order valence-electron chi connectivity index (χ0n) is 16.1. The van der Waals surface area contributed by atoms with E-state index in [-0.39, 0.29) is 40.4 Å². The van der Waals surface area contributed by atoms with Crippen molar-refractivity contribution < 1.29 is 24.0 Å². The fraction of sp³-hybridized carbons (Fsp3) is 0.227. The van der Waals surface area contributed by atoms with Crippen molar-refractivity contribution in [1.29, 1.82) is 0 Å². The number of ether oxygens (including phenoxy) is 1. The van der Waals surface area contributed by atoms with Gasteiger partial charge in [0, 0.05) is 12.1 Å². The van der Waals surface area contributed by atoms with Crippen LogP contribution in [0, 0.1) is 27.9 Å². The number of imide groups is 1. The number of para-hydroxylation sites is 2. The average Bonchev–Trinajstić information content (AvgIpc) is 3.00. The number of nitro groups is 1. The summed E-state index contributed by atoms with van der Waals surface area (Å²) in [6.45, 7) is 1.90. The van der Waals surface area contributed by atoms with Gasteiger partial charge in [-0.1, -0.05) is 37.3 Å². The second-order valence-electron chi connectivity index (χ2n) is 7.33. The molecular weight excluding hydrogens is 388 g/mol. The molecular formula is C22H18N2O6. The topological polar surface area (TPSA) is 107 Å². The van der Waals surface area contributed by atoms with Crippen LogP contribution in [0.25, 0.3) is 0 Å². The van der Waals surface area contributed by atoms with E-state index >= 15 is 0 Å². The normalized spacial score (nSPS) is 22.7. The van der Waals surface area contributed by atoms with Crippen molar-refractivity contribution in [2.24, 2.45) is 17.8 Å². The highest BCUT2D eigenvalue weighted by atomic mass is 16.6. The van der Waals surface area contributed by atoms with Gasteiger partial charge >= 0.3 is 5.97 Å². The first-order valence-electron chi connectivity index (χ1n) is 9.48. The maximum absolute atomic E-state index is 13.0. The van der Waals surface area contributed by atoms with Crippen LogP contribution in [0.15, 0.2) is 60.7 Å². The number of carbonyl (C=O) groups is 3. The van der Waals surface area contributed by atoms with E-state index in [0.717, 1.165) is 11.0 Å². The Morgan fingerprint density at radius 2 is 1.90 bits per heavy atom. The SMILES string of the molecule is C[C@H]1C=CC[C@H]2C(=O)N(c3ccccc3OC(=O)c3cccc([N+](=O)[O-])c3)C(=O)[C@@H]12. The molecule has 0 unspecified atom stereocenters. The number of carbonyl (C=O) groups excluding carboxylic acids is 3. The minimum absolute atomic E-state index is 0.00966. The molecule has 8 heteroatoms. The lowest BCUT2D eigenvalue weighted by Gasteiger charge is -2.22. The van der Waals surface area contributed by atoms with Gasteiger partial charge in [-0.25, -0.2) is 9.69 Å². The quantitative estimate of drug-likeness (QED) is 0.192. The van der Waals surface area contributed by atoms with Crippen LogP contribution in [-0.2, 0) is 9.59 Å². The third-order valence-corrected chi connectivity index (χ3v) is 5.47. The first kappa shape index (κ1) is 19.5. The lowest BCUT2D eigenvalue weighted by Crippen LogP contribution is -2.32. The standard InChI is InChI=1S/C22H18N2O6/c1-13-6-4-9-16-19(13)21(26)23(20(16)25)17-10-2-3-11-18(17)30-22(27)14-7-5-8-15(12-14)24(28)29/h2-8,10-13,16,19H,9H2,1H3/t13-,16+,19-/m0/s1. The summed E-state index contributed by atoms with van der Waals surface area (Å²) < 4.78 is 5.43. The highest BCUT2D eigenvalue weighted by Gasteiger charge is 2.51. The Hall–Kier alpha value is -3.81. The molecule has 0 spiro atoms. The van der Waals surface area contributed by atoms with Gasteiger partial charge in [0.2, 0.25) is 11.8 Å². The van der Waals surface area contributed by atoms with Crippen LogP contribution in [0.5, 0.6) is 5.75 Å². The molecule has 0 N–H and O–H groups in total. The Morgan fingerprint density at radius 3 is 2.63 bits per heavy atom. The monoisotopic (exact) mass is 406 g/mol. The van der Waals surface area contributed by atoms with E-state index in [1.54, 1.807) is 18.2 Å². The lowest BCUT2D eigenvalue weighted by atomic mass is 9.78. The number of rotatable bonds is 4. The number of hydrogen-bond acceptors (Lipinski definition) is 6. The molecule has 0 aromatic heterocycles. The molecule has 2 amide bonds. The minimum Gasteiger partial charge on any atom is -0.421 e. The fourth-order valence-electron chi connectivity index (χ4n) is 4.02. The number of fused-ring (bicyclic) bond motifs is 1. The maximum Gasteiger partial charge on any atom is 0.343 e. The molecule has 8 nitrogen and oxygen atoms in total. The Kier molecular flexibility index (Phi) is 4.91. The van der Waals surface area contributed by atoms with Gasteiger partial charge in [0.15, 0.2) is 5.75 Å². The number of benzene rings is 2. The molecule has 1 heterocycles. The molecule has 152 valence electrons. The summed E-state index contributed by atoms with van der Waals surface area (Å²) in [4.78, 5) is 50.0. The van der Waals surface area contributed by atoms with Gasteiger partial charge in [-0.05, 0) is 30.5 Å². The number of anilines is 1. The number of hydrogen-bond donors (Lipinski definition) is 0. The maximum atomic E-state index is 13.0. The van der Waals surface area contributed by atoms with E-state index in [2.05, 4.69) is 0 Å². The van der Waals surface area contributed by atoms with Gasteiger partial charge < -0.3 is 4.74 Å². The zero-order chi connectivity index (χ0) is 21.4. The van der Waals surface area contributed by atoms with E-state index in [0.29, 0.717) is 6.42 Å². The van der Waals surface area contributed by atoms with Crippen molar-refractivity contribution >= 4 is 29.2 Å². The van der Waals surface area contributed by atoms with Gasteiger partial charge in [0.05, 0.1) is 28.0 Å². The first-order chi connectivity index (χ1) is 14.4. The van der Waals surface area contributed by atoms with Crippen LogP contribution in [0.3, 0.4) is 0 Å². The number of allylic oxidation sites excluding steroid dienone is 2. The Labute approximate surface area is 171 Å². The highest BCUT2D eigenvalue weighted by Crippen LogP contribution is 2.42. The molecule has 2 aromatic carbocycles. The predicted molar refractivity (Wildman–Crippen MR) is 107 cm³/mol. The second kappa shape index (κ2) is 7.55. The molecule has 3 atom stereocenters. The molecule has 1 fully saturated rings. The zero-order valence-corrected chi connectivity index (χ0v) is 16.1. The molecule has 4 rings (SSSR count). The van der Waals surface area contributed by atoms with Gasteiger partial charge in [-0.2, -0.15) is 0 Å². The molecule has 2 aromatic rings. The lowest BCUT2D eigenvalue weighted by molar-refractivity contribution is -0.384. The predicted octanol–water partition coefficient (Wildman–Crippen LogP) is 3.52. The van der Waals surface area contributed by atoms with E-state index in [1.807, 2.05) is 19.1 Å². The smallest absolute Gasteiger partial charge is 0.343 e. The summed E-state index contributed by atoms with van der Waals surface area (Å²) in [5.41, 5.74) is -0.0642. The Bertz CT molecular complexity index is 1090. The van der Waals surface area contributed by atoms with Crippen LogP contribution in [0.4, 0.5) is 11.4 Å². The molecule has 0 saturated carbocycles. The summed E-state index contributed by atoms with van der Waals surface area (Å²) in [7, 11) is 0. The molecule has 30 heavy (non-hydrogen) atoms. The summed E-state index contributed by atoms with van der Waals surface area (Å²) >= 11 is 0. The van der Waals surface area contributed by atoms with Crippen LogP contribution >= 0.6 is 0 Å². The summed E-state index contributed by atoms with van der Waals surface area (Å²) in [6, 6.07) is 11.4. The summed E-state index contributed by atoms with van der Waals surface area (Å²) in [6.07, 6.45) is 4.34. The number of nitro benzene ring substituents is 1. The Morgan fingerprint density at radius 1 is 1.13 bits per heavy atom. The molecule has 2 aliphatic rings. The molecule has 1 aliphatic heterocycles. The van der Waals surface area contributed by atoms with E-state index in [1.165, 1.54) is 24.3 Å². The van der Waals surface area contributed by atoms with Crippen LogP contribution < -0.4 is 9.64 Å². The number of nitrogens with zero attached hydrogens (tertiary/aromatic N) is 2. The van der Waals surface area contributed by atoms with E-state index in [9.17, 15) is 24.5 Å².